The minimum Gasteiger partial charge on any atom is -0.508 e. The van der Waals surface area contributed by atoms with E-state index in [0.717, 1.165) is 25.8 Å². The summed E-state index contributed by atoms with van der Waals surface area (Å²) < 4.78 is 0. The van der Waals surface area contributed by atoms with E-state index in [1.165, 1.54) is 18.1 Å². The number of hydrogen-bond donors (Lipinski definition) is 3. The Hall–Kier alpha value is -1.55. The zero-order valence-corrected chi connectivity index (χ0v) is 10.7. The summed E-state index contributed by atoms with van der Waals surface area (Å²) in [6.45, 7) is 2.95. The largest absolute Gasteiger partial charge is 0.508 e. The SMILES string of the molecule is CC(=O)NCCNC1CCCc2cc(O)ccc21. The first kappa shape index (κ1) is 12.9. The molecule has 0 saturated carbocycles. The molecule has 0 saturated heterocycles. The molecule has 4 heteroatoms. The van der Waals surface area contributed by atoms with Gasteiger partial charge in [0.05, 0.1) is 0 Å². The number of amides is 1. The van der Waals surface area contributed by atoms with Crippen LogP contribution in [0.1, 0.15) is 36.9 Å². The van der Waals surface area contributed by atoms with Gasteiger partial charge in [0.15, 0.2) is 0 Å². The van der Waals surface area contributed by atoms with Gasteiger partial charge >= 0.3 is 0 Å². The standard InChI is InChI=1S/C14H20N2O2/c1-10(17)15-7-8-16-14-4-2-3-11-9-12(18)5-6-13(11)14/h5-6,9,14,16,18H,2-4,7-8H2,1H3,(H,15,17). The Morgan fingerprint density at radius 2 is 2.28 bits per heavy atom. The van der Waals surface area contributed by atoms with Gasteiger partial charge in [-0.1, -0.05) is 6.07 Å². The van der Waals surface area contributed by atoms with Gasteiger partial charge in [0.1, 0.15) is 5.75 Å². The van der Waals surface area contributed by atoms with Crippen molar-refractivity contribution in [2.75, 3.05) is 13.1 Å². The molecule has 0 heterocycles. The van der Waals surface area contributed by atoms with E-state index in [9.17, 15) is 9.90 Å². The third kappa shape index (κ3) is 3.23. The maximum atomic E-state index is 10.8. The van der Waals surface area contributed by atoms with Gasteiger partial charge in [-0.05, 0) is 42.5 Å². The summed E-state index contributed by atoms with van der Waals surface area (Å²) in [6, 6.07) is 5.94. The zero-order chi connectivity index (χ0) is 13.0. The Kier molecular flexibility index (Phi) is 4.20. The van der Waals surface area contributed by atoms with Gasteiger partial charge in [0, 0.05) is 26.1 Å². The first-order valence-electron chi connectivity index (χ1n) is 6.46. The van der Waals surface area contributed by atoms with Crippen molar-refractivity contribution in [2.45, 2.75) is 32.2 Å². The van der Waals surface area contributed by atoms with Crippen LogP contribution in [0.15, 0.2) is 18.2 Å². The lowest BCUT2D eigenvalue weighted by Crippen LogP contribution is -2.33. The lowest BCUT2D eigenvalue weighted by molar-refractivity contribution is -0.118. The van der Waals surface area contributed by atoms with E-state index >= 15 is 0 Å². The molecule has 3 N–H and O–H groups in total. The smallest absolute Gasteiger partial charge is 0.216 e. The highest BCUT2D eigenvalue weighted by Gasteiger charge is 2.19. The Labute approximate surface area is 107 Å². The summed E-state index contributed by atoms with van der Waals surface area (Å²) in [5, 5.41) is 15.7. The predicted octanol–water partition coefficient (Wildman–Crippen LogP) is 1.50. The molecular weight excluding hydrogens is 228 g/mol. The molecule has 2 rings (SSSR count). The number of phenols is 1. The number of rotatable bonds is 4. The van der Waals surface area contributed by atoms with Crippen LogP contribution in [0.5, 0.6) is 5.75 Å². The monoisotopic (exact) mass is 248 g/mol. The zero-order valence-electron chi connectivity index (χ0n) is 10.7. The molecule has 0 bridgehead atoms. The number of aromatic hydroxyl groups is 1. The number of hydrogen-bond acceptors (Lipinski definition) is 3. The molecule has 1 aromatic rings. The summed E-state index contributed by atoms with van der Waals surface area (Å²) in [4.78, 5) is 10.8. The van der Waals surface area contributed by atoms with Crippen molar-refractivity contribution in [3.05, 3.63) is 29.3 Å². The number of phenolic OH excluding ortho intramolecular Hbond substituents is 1. The van der Waals surface area contributed by atoms with E-state index in [4.69, 9.17) is 0 Å². The maximum Gasteiger partial charge on any atom is 0.216 e. The molecule has 1 aromatic carbocycles. The second-order valence-corrected chi connectivity index (χ2v) is 4.77. The highest BCUT2D eigenvalue weighted by molar-refractivity contribution is 5.72. The molecule has 0 aliphatic heterocycles. The molecule has 4 nitrogen and oxygen atoms in total. The van der Waals surface area contributed by atoms with Gasteiger partial charge in [-0.3, -0.25) is 4.79 Å². The Morgan fingerprint density at radius 1 is 1.44 bits per heavy atom. The summed E-state index contributed by atoms with van der Waals surface area (Å²) in [7, 11) is 0. The van der Waals surface area contributed by atoms with Gasteiger partial charge in [0.2, 0.25) is 5.91 Å². The summed E-state index contributed by atoms with van der Waals surface area (Å²) in [5.41, 5.74) is 2.51. The summed E-state index contributed by atoms with van der Waals surface area (Å²) >= 11 is 0. The molecule has 98 valence electrons. The van der Waals surface area contributed by atoms with Crippen molar-refractivity contribution in [3.8, 4) is 5.75 Å². The highest BCUT2D eigenvalue weighted by Crippen LogP contribution is 2.31. The summed E-state index contributed by atoms with van der Waals surface area (Å²) in [6.07, 6.45) is 3.28. The van der Waals surface area contributed by atoms with Crippen molar-refractivity contribution in [3.63, 3.8) is 0 Å². The van der Waals surface area contributed by atoms with Gasteiger partial charge in [-0.2, -0.15) is 0 Å². The number of carbonyl (C=O) groups excluding carboxylic acids is 1. The lowest BCUT2D eigenvalue weighted by Gasteiger charge is -2.26. The number of carbonyl (C=O) groups is 1. The second-order valence-electron chi connectivity index (χ2n) is 4.77. The first-order valence-corrected chi connectivity index (χ1v) is 6.46. The van der Waals surface area contributed by atoms with Crippen molar-refractivity contribution in [2.24, 2.45) is 0 Å². The Morgan fingerprint density at radius 3 is 3.06 bits per heavy atom. The van der Waals surface area contributed by atoms with Crippen LogP contribution in [0, 0.1) is 0 Å². The molecule has 1 aliphatic carbocycles. The quantitative estimate of drug-likeness (QED) is 0.708. The van der Waals surface area contributed by atoms with E-state index in [-0.39, 0.29) is 5.91 Å². The van der Waals surface area contributed by atoms with Crippen LogP contribution < -0.4 is 10.6 Å². The van der Waals surface area contributed by atoms with Gasteiger partial charge in [0.25, 0.3) is 0 Å². The third-order valence-corrected chi connectivity index (χ3v) is 3.33. The van der Waals surface area contributed by atoms with E-state index in [0.29, 0.717) is 18.3 Å². The fourth-order valence-corrected chi connectivity index (χ4v) is 2.50. The van der Waals surface area contributed by atoms with Gasteiger partial charge < -0.3 is 15.7 Å². The second kappa shape index (κ2) is 5.87. The average molecular weight is 248 g/mol. The minimum atomic E-state index is 0.00534. The Bertz CT molecular complexity index is 432. The van der Waals surface area contributed by atoms with E-state index in [1.807, 2.05) is 12.1 Å². The van der Waals surface area contributed by atoms with Crippen LogP contribution in [-0.2, 0) is 11.2 Å². The normalized spacial score (nSPS) is 18.2. The number of fused-ring (bicyclic) bond motifs is 1. The third-order valence-electron chi connectivity index (χ3n) is 3.33. The van der Waals surface area contributed by atoms with Crippen LogP contribution in [0.3, 0.4) is 0 Å². The first-order chi connectivity index (χ1) is 8.66. The van der Waals surface area contributed by atoms with Crippen LogP contribution in [0.25, 0.3) is 0 Å². The number of aryl methyl sites for hydroxylation is 1. The van der Waals surface area contributed by atoms with E-state index in [1.54, 1.807) is 6.07 Å². The predicted molar refractivity (Wildman–Crippen MR) is 70.5 cm³/mol. The Balaban J connectivity index is 1.93. The van der Waals surface area contributed by atoms with Crippen molar-refractivity contribution < 1.29 is 9.90 Å². The van der Waals surface area contributed by atoms with Crippen molar-refractivity contribution >= 4 is 5.91 Å². The molecule has 18 heavy (non-hydrogen) atoms. The highest BCUT2D eigenvalue weighted by atomic mass is 16.3. The lowest BCUT2D eigenvalue weighted by atomic mass is 9.87. The summed E-state index contributed by atoms with van der Waals surface area (Å²) in [5.74, 6) is 0.346. The maximum absolute atomic E-state index is 10.8. The minimum absolute atomic E-state index is 0.00534. The molecule has 1 amide bonds. The number of benzene rings is 1. The fourth-order valence-electron chi connectivity index (χ4n) is 2.50. The number of nitrogens with one attached hydrogen (secondary N) is 2. The fraction of sp³-hybridized carbons (Fsp3) is 0.500. The molecular formula is C14H20N2O2. The van der Waals surface area contributed by atoms with E-state index in [2.05, 4.69) is 10.6 Å². The van der Waals surface area contributed by atoms with Crippen molar-refractivity contribution in [1.29, 1.82) is 0 Å². The van der Waals surface area contributed by atoms with Crippen LogP contribution in [-0.4, -0.2) is 24.1 Å². The molecule has 0 fully saturated rings. The van der Waals surface area contributed by atoms with Crippen LogP contribution >= 0.6 is 0 Å². The molecule has 0 spiro atoms. The van der Waals surface area contributed by atoms with Gasteiger partial charge in [-0.15, -0.1) is 0 Å². The van der Waals surface area contributed by atoms with Crippen molar-refractivity contribution in [1.82, 2.24) is 10.6 Å². The molecule has 1 unspecified atom stereocenters. The molecule has 1 atom stereocenters. The van der Waals surface area contributed by atoms with Crippen LogP contribution in [0.4, 0.5) is 0 Å². The van der Waals surface area contributed by atoms with Crippen LogP contribution in [0.2, 0.25) is 0 Å². The molecule has 0 aromatic heterocycles. The molecule has 1 aliphatic rings. The van der Waals surface area contributed by atoms with E-state index < -0.39 is 0 Å². The van der Waals surface area contributed by atoms with Gasteiger partial charge in [-0.25, -0.2) is 0 Å². The topological polar surface area (TPSA) is 61.4 Å². The molecule has 0 radical (unpaired) electrons. The average Bonchev–Trinajstić information content (AvgIpc) is 2.34.